The normalized spacial score (nSPS) is 19.4. The highest BCUT2D eigenvalue weighted by atomic mass is 32.2. The first-order valence-electron chi connectivity index (χ1n) is 7.51. The van der Waals surface area contributed by atoms with E-state index in [1.54, 1.807) is 0 Å². The molecule has 0 aromatic heterocycles. The third kappa shape index (κ3) is 3.67. The van der Waals surface area contributed by atoms with Gasteiger partial charge in [0.15, 0.2) is 0 Å². The summed E-state index contributed by atoms with van der Waals surface area (Å²) in [7, 11) is -3.33. The smallest absolute Gasteiger partial charge is 0.238 e. The highest BCUT2D eigenvalue weighted by Crippen LogP contribution is 2.21. The third-order valence-corrected chi connectivity index (χ3v) is 5.50. The Hall–Kier alpha value is -1.40. The molecular weight excluding hydrogens is 300 g/mol. The standard InChI is InChI=1S/C16H24N2O3S/c1-11-8-12(2)14(13(3)9-11)10-17-16(19)15-6-5-7-18(15)22(4,20)21/h8-9,15H,5-7,10H2,1-4H3,(H,17,19). The fourth-order valence-corrected chi connectivity index (χ4v) is 4.31. The number of sulfonamides is 1. The summed E-state index contributed by atoms with van der Waals surface area (Å²) < 4.78 is 24.7. The van der Waals surface area contributed by atoms with Crippen molar-refractivity contribution in [2.75, 3.05) is 12.8 Å². The van der Waals surface area contributed by atoms with Crippen LogP contribution in [0.2, 0.25) is 0 Å². The molecule has 1 N–H and O–H groups in total. The second kappa shape index (κ2) is 6.38. The molecule has 1 aliphatic rings. The lowest BCUT2D eigenvalue weighted by Crippen LogP contribution is -2.45. The van der Waals surface area contributed by atoms with E-state index in [9.17, 15) is 13.2 Å². The lowest BCUT2D eigenvalue weighted by atomic mass is 10.00. The van der Waals surface area contributed by atoms with Crippen molar-refractivity contribution >= 4 is 15.9 Å². The molecule has 1 saturated heterocycles. The van der Waals surface area contributed by atoms with E-state index in [1.807, 2.05) is 20.8 Å². The van der Waals surface area contributed by atoms with Gasteiger partial charge >= 0.3 is 0 Å². The van der Waals surface area contributed by atoms with E-state index in [4.69, 9.17) is 0 Å². The Bertz CT molecular complexity index is 660. The number of aryl methyl sites for hydroxylation is 3. The Balaban J connectivity index is 2.08. The van der Waals surface area contributed by atoms with Crippen molar-refractivity contribution in [3.05, 3.63) is 34.4 Å². The molecule has 1 atom stereocenters. The molecule has 2 rings (SSSR count). The van der Waals surface area contributed by atoms with Crippen LogP contribution in [-0.4, -0.2) is 37.5 Å². The minimum absolute atomic E-state index is 0.206. The number of carbonyl (C=O) groups excluding carboxylic acids is 1. The second-order valence-corrected chi connectivity index (χ2v) is 8.06. The van der Waals surface area contributed by atoms with E-state index >= 15 is 0 Å². The number of amides is 1. The number of nitrogens with one attached hydrogen (secondary N) is 1. The second-order valence-electron chi connectivity index (χ2n) is 6.13. The van der Waals surface area contributed by atoms with Crippen LogP contribution in [0.5, 0.6) is 0 Å². The Labute approximate surface area is 132 Å². The average molecular weight is 324 g/mol. The number of hydrogen-bond acceptors (Lipinski definition) is 3. The van der Waals surface area contributed by atoms with Crippen LogP contribution in [0.15, 0.2) is 12.1 Å². The first kappa shape index (κ1) is 17.0. The summed E-state index contributed by atoms with van der Waals surface area (Å²) in [6.07, 6.45) is 2.48. The highest BCUT2D eigenvalue weighted by molar-refractivity contribution is 7.88. The van der Waals surface area contributed by atoms with E-state index in [1.165, 1.54) is 9.87 Å². The van der Waals surface area contributed by atoms with Crippen molar-refractivity contribution in [1.82, 2.24) is 9.62 Å². The van der Waals surface area contributed by atoms with Gasteiger partial charge in [-0.2, -0.15) is 4.31 Å². The number of nitrogens with zero attached hydrogens (tertiary/aromatic N) is 1. The molecule has 22 heavy (non-hydrogen) atoms. The molecule has 0 spiro atoms. The fraction of sp³-hybridized carbons (Fsp3) is 0.562. The molecule has 1 heterocycles. The zero-order valence-electron chi connectivity index (χ0n) is 13.6. The van der Waals surface area contributed by atoms with Gasteiger partial charge in [-0.1, -0.05) is 17.7 Å². The maximum atomic E-state index is 12.3. The minimum atomic E-state index is -3.33. The van der Waals surface area contributed by atoms with Crippen LogP contribution in [-0.2, 0) is 21.4 Å². The quantitative estimate of drug-likeness (QED) is 0.916. The fourth-order valence-electron chi connectivity index (χ4n) is 3.18. The molecule has 1 aromatic carbocycles. The van der Waals surface area contributed by atoms with E-state index in [2.05, 4.69) is 17.4 Å². The van der Waals surface area contributed by atoms with E-state index in [-0.39, 0.29) is 5.91 Å². The molecule has 1 amide bonds. The summed E-state index contributed by atoms with van der Waals surface area (Å²) in [5, 5.41) is 2.90. The van der Waals surface area contributed by atoms with Crippen molar-refractivity contribution in [2.24, 2.45) is 0 Å². The lowest BCUT2D eigenvalue weighted by molar-refractivity contribution is -0.124. The first-order chi connectivity index (χ1) is 10.2. The van der Waals surface area contributed by atoms with Gasteiger partial charge in [-0.05, 0) is 50.3 Å². The van der Waals surface area contributed by atoms with Crippen molar-refractivity contribution in [1.29, 1.82) is 0 Å². The monoisotopic (exact) mass is 324 g/mol. The molecule has 1 aromatic rings. The number of carbonyl (C=O) groups is 1. The van der Waals surface area contributed by atoms with Crippen molar-refractivity contribution in [3.8, 4) is 0 Å². The van der Waals surface area contributed by atoms with Gasteiger partial charge in [-0.15, -0.1) is 0 Å². The molecule has 0 bridgehead atoms. The Morgan fingerprint density at radius 2 is 1.86 bits per heavy atom. The van der Waals surface area contributed by atoms with Gasteiger partial charge in [0.1, 0.15) is 6.04 Å². The first-order valence-corrected chi connectivity index (χ1v) is 9.36. The molecule has 1 aliphatic heterocycles. The largest absolute Gasteiger partial charge is 0.351 e. The Kier molecular flexibility index (Phi) is 4.92. The van der Waals surface area contributed by atoms with Gasteiger partial charge in [0, 0.05) is 13.1 Å². The molecule has 122 valence electrons. The van der Waals surface area contributed by atoms with E-state index in [0.29, 0.717) is 19.5 Å². The molecule has 1 unspecified atom stereocenters. The lowest BCUT2D eigenvalue weighted by Gasteiger charge is -2.22. The van der Waals surface area contributed by atoms with E-state index < -0.39 is 16.1 Å². The van der Waals surface area contributed by atoms with Crippen molar-refractivity contribution < 1.29 is 13.2 Å². The topological polar surface area (TPSA) is 66.5 Å². The summed E-state index contributed by atoms with van der Waals surface area (Å²) in [6.45, 7) is 6.97. The maximum absolute atomic E-state index is 12.3. The Morgan fingerprint density at radius 3 is 2.41 bits per heavy atom. The van der Waals surface area contributed by atoms with Gasteiger partial charge < -0.3 is 5.32 Å². The van der Waals surface area contributed by atoms with Crippen LogP contribution >= 0.6 is 0 Å². The average Bonchev–Trinajstić information content (AvgIpc) is 2.86. The van der Waals surface area contributed by atoms with Gasteiger partial charge in [0.05, 0.1) is 6.26 Å². The van der Waals surface area contributed by atoms with Crippen LogP contribution in [0.4, 0.5) is 0 Å². The van der Waals surface area contributed by atoms with Crippen molar-refractivity contribution in [2.45, 2.75) is 46.2 Å². The van der Waals surface area contributed by atoms with Gasteiger partial charge in [-0.3, -0.25) is 4.79 Å². The summed E-state index contributed by atoms with van der Waals surface area (Å²) >= 11 is 0. The molecule has 0 radical (unpaired) electrons. The number of hydrogen-bond donors (Lipinski definition) is 1. The van der Waals surface area contributed by atoms with Crippen LogP contribution in [0.3, 0.4) is 0 Å². The van der Waals surface area contributed by atoms with Crippen LogP contribution < -0.4 is 5.32 Å². The van der Waals surface area contributed by atoms with Gasteiger partial charge in [0.25, 0.3) is 0 Å². The van der Waals surface area contributed by atoms with Gasteiger partial charge in [0.2, 0.25) is 15.9 Å². The number of benzene rings is 1. The molecular formula is C16H24N2O3S. The molecule has 0 saturated carbocycles. The zero-order valence-corrected chi connectivity index (χ0v) is 14.5. The molecule has 1 fully saturated rings. The van der Waals surface area contributed by atoms with Crippen molar-refractivity contribution in [3.63, 3.8) is 0 Å². The predicted molar refractivity (Wildman–Crippen MR) is 87.1 cm³/mol. The molecule has 6 heteroatoms. The summed E-state index contributed by atoms with van der Waals surface area (Å²) in [5.41, 5.74) is 4.58. The van der Waals surface area contributed by atoms with Crippen LogP contribution in [0.1, 0.15) is 35.1 Å². The predicted octanol–water partition coefficient (Wildman–Crippen LogP) is 1.65. The summed E-state index contributed by atoms with van der Waals surface area (Å²) in [5.74, 6) is -0.206. The summed E-state index contributed by atoms with van der Waals surface area (Å²) in [4.78, 5) is 12.3. The SMILES string of the molecule is Cc1cc(C)c(CNC(=O)C2CCCN2S(C)(=O)=O)c(C)c1. The molecule has 5 nitrogen and oxygen atoms in total. The van der Waals surface area contributed by atoms with E-state index in [0.717, 1.165) is 29.4 Å². The third-order valence-electron chi connectivity index (χ3n) is 4.21. The van der Waals surface area contributed by atoms with Crippen LogP contribution in [0.25, 0.3) is 0 Å². The summed E-state index contributed by atoms with van der Waals surface area (Å²) in [6, 6.07) is 3.61. The highest BCUT2D eigenvalue weighted by Gasteiger charge is 2.36. The maximum Gasteiger partial charge on any atom is 0.238 e. The molecule has 0 aliphatic carbocycles. The number of rotatable bonds is 4. The Morgan fingerprint density at radius 1 is 1.27 bits per heavy atom. The zero-order chi connectivity index (χ0) is 16.5. The van der Waals surface area contributed by atoms with Gasteiger partial charge in [-0.25, -0.2) is 8.42 Å². The van der Waals surface area contributed by atoms with Crippen LogP contribution in [0, 0.1) is 20.8 Å². The minimum Gasteiger partial charge on any atom is -0.351 e.